The molecule has 0 aromatic heterocycles. The van der Waals surface area contributed by atoms with Crippen molar-refractivity contribution in [3.63, 3.8) is 0 Å². The van der Waals surface area contributed by atoms with Gasteiger partial charge in [-0.25, -0.2) is 8.78 Å². The molecule has 0 fully saturated rings. The third-order valence-electron chi connectivity index (χ3n) is 0.372. The van der Waals surface area contributed by atoms with Gasteiger partial charge in [0.05, 0.1) is 0 Å². The van der Waals surface area contributed by atoms with Crippen molar-refractivity contribution in [3.05, 3.63) is 11.1 Å². The summed E-state index contributed by atoms with van der Waals surface area (Å²) in [6.07, 6.45) is 0. The minimum atomic E-state index is -2.48. The number of rotatable bonds is 1. The van der Waals surface area contributed by atoms with Gasteiger partial charge in [0, 0.05) is 0 Å². The SMILES string of the molecule is F/C(Cl)=C(\F)C(F)Cl. The molecule has 0 saturated carbocycles. The second kappa shape index (κ2) is 3.20. The van der Waals surface area contributed by atoms with Crippen molar-refractivity contribution in [3.8, 4) is 0 Å². The maximum atomic E-state index is 11.5. The summed E-state index contributed by atoms with van der Waals surface area (Å²) in [7, 11) is 0. The van der Waals surface area contributed by atoms with Gasteiger partial charge in [-0.05, 0) is 11.6 Å². The Labute approximate surface area is 53.9 Å². The first-order valence-electron chi connectivity index (χ1n) is 1.54. The molecule has 0 heterocycles. The van der Waals surface area contributed by atoms with Crippen LogP contribution >= 0.6 is 23.2 Å². The monoisotopic (exact) mass is 164 g/mol. The highest BCUT2D eigenvalue weighted by Crippen LogP contribution is 2.20. The van der Waals surface area contributed by atoms with E-state index in [1.165, 1.54) is 0 Å². The molecule has 0 aliphatic carbocycles. The van der Waals surface area contributed by atoms with Gasteiger partial charge < -0.3 is 0 Å². The Morgan fingerprint density at radius 2 is 1.75 bits per heavy atom. The van der Waals surface area contributed by atoms with Gasteiger partial charge >= 0.3 is 0 Å². The molecule has 8 heavy (non-hydrogen) atoms. The summed E-state index contributed by atoms with van der Waals surface area (Å²) in [5, 5.41) is -1.74. The fraction of sp³-hybridized carbons (Fsp3) is 0.333. The Bertz CT molecular complexity index is 105. The van der Waals surface area contributed by atoms with E-state index in [2.05, 4.69) is 23.2 Å². The summed E-state index contributed by atoms with van der Waals surface area (Å²) in [5.74, 6) is -1.78. The van der Waals surface area contributed by atoms with Crippen LogP contribution in [0.1, 0.15) is 0 Å². The van der Waals surface area contributed by atoms with Crippen molar-refractivity contribution < 1.29 is 13.2 Å². The topological polar surface area (TPSA) is 0 Å². The Morgan fingerprint density at radius 1 is 1.38 bits per heavy atom. The second-order valence-corrected chi connectivity index (χ2v) is 1.62. The fourth-order valence-corrected chi connectivity index (χ4v) is 0.330. The highest BCUT2D eigenvalue weighted by molar-refractivity contribution is 6.29. The van der Waals surface area contributed by atoms with Crippen molar-refractivity contribution >= 4 is 23.2 Å². The van der Waals surface area contributed by atoms with Gasteiger partial charge in [0.2, 0.25) is 10.9 Å². The molecule has 0 bridgehead atoms. The van der Waals surface area contributed by atoms with Crippen molar-refractivity contribution in [2.45, 2.75) is 5.63 Å². The molecule has 0 radical (unpaired) electrons. The average Bonchev–Trinajstić information content (AvgIpc) is 1.64. The number of allylic oxidation sites excluding steroid dienone is 1. The molecule has 0 aromatic carbocycles. The maximum Gasteiger partial charge on any atom is 0.228 e. The van der Waals surface area contributed by atoms with Crippen LogP contribution in [0.2, 0.25) is 0 Å². The van der Waals surface area contributed by atoms with Crippen molar-refractivity contribution in [1.82, 2.24) is 0 Å². The van der Waals surface area contributed by atoms with E-state index in [0.29, 0.717) is 0 Å². The van der Waals surface area contributed by atoms with Gasteiger partial charge in [0.25, 0.3) is 0 Å². The predicted molar refractivity (Wildman–Crippen MR) is 25.8 cm³/mol. The predicted octanol–water partition coefficient (Wildman–Crippen LogP) is 2.87. The zero-order valence-corrected chi connectivity index (χ0v) is 4.98. The van der Waals surface area contributed by atoms with Crippen LogP contribution in [0.25, 0.3) is 0 Å². The molecule has 0 saturated heterocycles. The zero-order valence-electron chi connectivity index (χ0n) is 3.47. The maximum absolute atomic E-state index is 11.5. The van der Waals surface area contributed by atoms with Crippen LogP contribution in [-0.2, 0) is 0 Å². The molecular weight excluding hydrogens is 164 g/mol. The number of hydrogen-bond donors (Lipinski definition) is 0. The van der Waals surface area contributed by atoms with E-state index < -0.39 is 16.7 Å². The molecule has 0 amide bonds. The molecule has 0 N–H and O–H groups in total. The molecule has 0 aliphatic heterocycles. The number of hydrogen-bond acceptors (Lipinski definition) is 0. The molecule has 1 atom stereocenters. The lowest BCUT2D eigenvalue weighted by molar-refractivity contribution is 0.402. The molecule has 0 nitrogen and oxygen atoms in total. The summed E-state index contributed by atoms with van der Waals surface area (Å²) in [6.45, 7) is 0. The average molecular weight is 165 g/mol. The number of alkyl halides is 2. The summed E-state index contributed by atoms with van der Waals surface area (Å²) >= 11 is 8.74. The van der Waals surface area contributed by atoms with Crippen LogP contribution in [0.15, 0.2) is 11.1 Å². The largest absolute Gasteiger partial charge is 0.228 e. The van der Waals surface area contributed by atoms with Crippen LogP contribution < -0.4 is 0 Å². The first kappa shape index (κ1) is 8.11. The Kier molecular flexibility index (Phi) is 3.24. The van der Waals surface area contributed by atoms with Gasteiger partial charge in [0.1, 0.15) is 0 Å². The smallest absolute Gasteiger partial charge is 0.222 e. The van der Waals surface area contributed by atoms with Crippen molar-refractivity contribution in [1.29, 1.82) is 0 Å². The molecule has 0 spiro atoms. The lowest BCUT2D eigenvalue weighted by atomic mass is 10.6. The quantitative estimate of drug-likeness (QED) is 0.524. The van der Waals surface area contributed by atoms with Crippen LogP contribution in [0, 0.1) is 0 Å². The van der Waals surface area contributed by atoms with E-state index in [9.17, 15) is 13.2 Å². The van der Waals surface area contributed by atoms with Crippen LogP contribution in [0.4, 0.5) is 13.2 Å². The Balaban J connectivity index is 4.00. The number of halogens is 5. The lowest BCUT2D eigenvalue weighted by Crippen LogP contribution is -1.88. The van der Waals surface area contributed by atoms with Crippen molar-refractivity contribution in [2.24, 2.45) is 0 Å². The lowest BCUT2D eigenvalue weighted by Gasteiger charge is -1.90. The third kappa shape index (κ3) is 2.43. The highest BCUT2D eigenvalue weighted by atomic mass is 35.5. The summed E-state index contributed by atoms with van der Waals surface area (Å²) in [5.41, 5.74) is -2.48. The van der Waals surface area contributed by atoms with Crippen LogP contribution in [-0.4, -0.2) is 5.63 Å². The summed E-state index contributed by atoms with van der Waals surface area (Å²) < 4.78 is 34.2. The molecule has 48 valence electrons. The van der Waals surface area contributed by atoms with Gasteiger partial charge in [-0.15, -0.1) is 0 Å². The van der Waals surface area contributed by atoms with Gasteiger partial charge in [0.15, 0.2) is 5.83 Å². The Morgan fingerprint density at radius 3 is 1.75 bits per heavy atom. The van der Waals surface area contributed by atoms with E-state index in [1.54, 1.807) is 0 Å². The molecule has 0 aliphatic rings. The minimum absolute atomic E-state index is 1.74. The molecule has 0 aromatic rings. The second-order valence-electron chi connectivity index (χ2n) is 0.909. The summed E-state index contributed by atoms with van der Waals surface area (Å²) in [4.78, 5) is 0. The highest BCUT2D eigenvalue weighted by Gasteiger charge is 2.12. The minimum Gasteiger partial charge on any atom is -0.222 e. The van der Waals surface area contributed by atoms with E-state index in [0.717, 1.165) is 0 Å². The zero-order chi connectivity index (χ0) is 6.73. The van der Waals surface area contributed by atoms with Gasteiger partial charge in [-0.2, -0.15) is 4.39 Å². The molecule has 1 unspecified atom stereocenters. The van der Waals surface area contributed by atoms with E-state index in [-0.39, 0.29) is 0 Å². The van der Waals surface area contributed by atoms with E-state index in [4.69, 9.17) is 0 Å². The Hall–Kier alpha value is 0.110. The first-order chi connectivity index (χ1) is 3.55. The molecule has 0 rings (SSSR count). The molecular formula is C3HCl2F3. The summed E-state index contributed by atoms with van der Waals surface area (Å²) in [6, 6.07) is 0. The molecule has 5 heteroatoms. The van der Waals surface area contributed by atoms with Gasteiger partial charge in [-0.3, -0.25) is 0 Å². The van der Waals surface area contributed by atoms with E-state index in [1.807, 2.05) is 0 Å². The van der Waals surface area contributed by atoms with Crippen LogP contribution in [0.5, 0.6) is 0 Å². The normalized spacial score (nSPS) is 17.6. The first-order valence-corrected chi connectivity index (χ1v) is 2.36. The van der Waals surface area contributed by atoms with E-state index >= 15 is 0 Å². The standard InChI is InChI=1S/C3HCl2F3/c4-2(7)1(6)3(5)8/h2H/b3-1-. The fourth-order valence-electron chi connectivity index (χ4n) is 0.0825. The van der Waals surface area contributed by atoms with Crippen molar-refractivity contribution in [2.75, 3.05) is 0 Å². The third-order valence-corrected chi connectivity index (χ3v) is 0.744. The van der Waals surface area contributed by atoms with Gasteiger partial charge in [-0.1, -0.05) is 11.6 Å². The van der Waals surface area contributed by atoms with Crippen LogP contribution in [0.3, 0.4) is 0 Å².